The molecule has 0 saturated heterocycles. The van der Waals surface area contributed by atoms with Gasteiger partial charge in [0.15, 0.2) is 6.10 Å². The van der Waals surface area contributed by atoms with Crippen LogP contribution >= 0.6 is 0 Å². The van der Waals surface area contributed by atoms with Crippen LogP contribution in [0.2, 0.25) is 0 Å². The molecule has 3 aromatic carbocycles. The minimum Gasteiger partial charge on any atom is -0.492 e. The average molecular weight is 367 g/mol. The lowest BCUT2D eigenvalue weighted by atomic mass is 10.1. The van der Waals surface area contributed by atoms with Crippen molar-refractivity contribution in [2.45, 2.75) is 19.4 Å². The summed E-state index contributed by atoms with van der Waals surface area (Å²) in [4.78, 5) is 12.4. The molecule has 0 radical (unpaired) electrons. The second kappa shape index (κ2) is 9.03. The summed E-state index contributed by atoms with van der Waals surface area (Å²) in [5, 5.41) is 4.87. The van der Waals surface area contributed by atoms with Crippen LogP contribution in [0.4, 0.5) is 4.39 Å². The minimum absolute atomic E-state index is 0.187. The van der Waals surface area contributed by atoms with Gasteiger partial charge in [0.2, 0.25) is 0 Å². The van der Waals surface area contributed by atoms with Gasteiger partial charge in [-0.15, -0.1) is 0 Å². The molecule has 4 nitrogen and oxygen atoms in total. The maximum Gasteiger partial charge on any atom is 0.261 e. The van der Waals surface area contributed by atoms with Gasteiger partial charge in [0.05, 0.1) is 6.54 Å². The zero-order valence-electron chi connectivity index (χ0n) is 15.2. The predicted molar refractivity (Wildman–Crippen MR) is 104 cm³/mol. The molecule has 3 aromatic rings. The molecule has 140 valence electrons. The van der Waals surface area contributed by atoms with Crippen molar-refractivity contribution in [2.75, 3.05) is 13.2 Å². The number of fused-ring (bicyclic) bond motifs is 1. The molecule has 3 rings (SSSR count). The van der Waals surface area contributed by atoms with Gasteiger partial charge in [0.25, 0.3) is 5.91 Å². The lowest BCUT2D eigenvalue weighted by Gasteiger charge is -2.18. The van der Waals surface area contributed by atoms with E-state index < -0.39 is 6.10 Å². The number of rotatable bonds is 8. The van der Waals surface area contributed by atoms with Gasteiger partial charge in [-0.2, -0.15) is 0 Å². The lowest BCUT2D eigenvalue weighted by molar-refractivity contribution is -0.128. The Kier molecular flexibility index (Phi) is 6.26. The molecule has 0 unspecified atom stereocenters. The van der Waals surface area contributed by atoms with E-state index in [-0.39, 0.29) is 11.7 Å². The summed E-state index contributed by atoms with van der Waals surface area (Å²) in [5.74, 6) is 0.752. The third-order valence-electron chi connectivity index (χ3n) is 4.17. The van der Waals surface area contributed by atoms with Crippen molar-refractivity contribution in [3.63, 3.8) is 0 Å². The van der Waals surface area contributed by atoms with E-state index in [1.807, 2.05) is 49.4 Å². The SMILES string of the molecule is CC[C@@H](Oc1cccc2ccccc12)C(=O)NCCOc1ccc(F)cc1. The molecular formula is C22H22FNO3. The fourth-order valence-corrected chi connectivity index (χ4v) is 2.76. The Bertz CT molecular complexity index is 890. The second-order valence-corrected chi connectivity index (χ2v) is 6.09. The van der Waals surface area contributed by atoms with Crippen molar-refractivity contribution >= 4 is 16.7 Å². The Labute approximate surface area is 157 Å². The van der Waals surface area contributed by atoms with Crippen molar-refractivity contribution in [3.8, 4) is 11.5 Å². The molecule has 5 heteroatoms. The Morgan fingerprint density at radius 3 is 2.56 bits per heavy atom. The largest absolute Gasteiger partial charge is 0.492 e. The number of halogens is 1. The van der Waals surface area contributed by atoms with Gasteiger partial charge in [-0.3, -0.25) is 4.79 Å². The second-order valence-electron chi connectivity index (χ2n) is 6.09. The van der Waals surface area contributed by atoms with Crippen LogP contribution in [0.1, 0.15) is 13.3 Å². The first-order chi connectivity index (χ1) is 13.2. The predicted octanol–water partition coefficient (Wildman–Crippen LogP) is 4.33. The number of amides is 1. The van der Waals surface area contributed by atoms with Crippen LogP contribution < -0.4 is 14.8 Å². The Morgan fingerprint density at radius 2 is 1.78 bits per heavy atom. The summed E-state index contributed by atoms with van der Waals surface area (Å²) in [5.41, 5.74) is 0. The van der Waals surface area contributed by atoms with Crippen LogP contribution in [0.5, 0.6) is 11.5 Å². The van der Waals surface area contributed by atoms with Gasteiger partial charge in [-0.1, -0.05) is 43.3 Å². The Hall–Kier alpha value is -3.08. The molecule has 0 saturated carbocycles. The van der Waals surface area contributed by atoms with Gasteiger partial charge >= 0.3 is 0 Å². The normalized spacial score (nSPS) is 11.8. The van der Waals surface area contributed by atoms with Crippen molar-refractivity contribution < 1.29 is 18.7 Å². The summed E-state index contributed by atoms with van der Waals surface area (Å²) in [6.07, 6.45) is -0.0323. The molecule has 1 atom stereocenters. The van der Waals surface area contributed by atoms with Crippen LogP contribution in [0.25, 0.3) is 10.8 Å². The summed E-state index contributed by atoms with van der Waals surface area (Å²) in [7, 11) is 0. The summed E-state index contributed by atoms with van der Waals surface area (Å²) in [6.45, 7) is 2.54. The molecule has 0 aliphatic rings. The van der Waals surface area contributed by atoms with Crippen LogP contribution in [0.15, 0.2) is 66.7 Å². The standard InChI is InChI=1S/C22H22FNO3/c1-2-20(27-21-9-5-7-16-6-3-4-8-19(16)21)22(25)24-14-15-26-18-12-10-17(23)11-13-18/h3-13,20H,2,14-15H2,1H3,(H,24,25)/t20-/m1/s1. The number of carbonyl (C=O) groups is 1. The molecule has 0 heterocycles. The smallest absolute Gasteiger partial charge is 0.261 e. The van der Waals surface area contributed by atoms with E-state index in [2.05, 4.69) is 5.32 Å². The summed E-state index contributed by atoms with van der Waals surface area (Å²) < 4.78 is 24.3. The zero-order valence-corrected chi connectivity index (χ0v) is 15.2. The number of ether oxygens (including phenoxy) is 2. The van der Waals surface area contributed by atoms with Crippen molar-refractivity contribution in [1.82, 2.24) is 5.32 Å². The molecule has 0 aromatic heterocycles. The van der Waals surface area contributed by atoms with Gasteiger partial charge < -0.3 is 14.8 Å². The molecule has 1 amide bonds. The maximum absolute atomic E-state index is 12.9. The Morgan fingerprint density at radius 1 is 1.04 bits per heavy atom. The maximum atomic E-state index is 12.9. The third-order valence-corrected chi connectivity index (χ3v) is 4.17. The third kappa shape index (κ3) is 4.97. The van der Waals surface area contributed by atoms with Crippen LogP contribution in [-0.2, 0) is 4.79 Å². The fraction of sp³-hybridized carbons (Fsp3) is 0.227. The first-order valence-electron chi connectivity index (χ1n) is 8.98. The summed E-state index contributed by atoms with van der Waals surface area (Å²) >= 11 is 0. The number of carbonyl (C=O) groups excluding carboxylic acids is 1. The quantitative estimate of drug-likeness (QED) is 0.603. The molecule has 0 aliphatic carbocycles. The van der Waals surface area contributed by atoms with Crippen LogP contribution in [-0.4, -0.2) is 25.2 Å². The highest BCUT2D eigenvalue weighted by Gasteiger charge is 2.18. The highest BCUT2D eigenvalue weighted by molar-refractivity contribution is 5.89. The number of hydrogen-bond acceptors (Lipinski definition) is 3. The Balaban J connectivity index is 1.53. The lowest BCUT2D eigenvalue weighted by Crippen LogP contribution is -2.39. The minimum atomic E-state index is -0.582. The molecule has 0 aliphatic heterocycles. The molecule has 0 spiro atoms. The van der Waals surface area contributed by atoms with Gasteiger partial charge in [-0.25, -0.2) is 4.39 Å². The van der Waals surface area contributed by atoms with E-state index in [0.29, 0.717) is 31.1 Å². The van der Waals surface area contributed by atoms with Gasteiger partial charge in [-0.05, 0) is 42.1 Å². The van der Waals surface area contributed by atoms with E-state index in [1.54, 1.807) is 12.1 Å². The van der Waals surface area contributed by atoms with Crippen LogP contribution in [0, 0.1) is 5.82 Å². The molecule has 0 fully saturated rings. The highest BCUT2D eigenvalue weighted by atomic mass is 19.1. The summed E-state index contributed by atoms with van der Waals surface area (Å²) in [6, 6.07) is 19.5. The molecular weight excluding hydrogens is 345 g/mol. The van der Waals surface area contributed by atoms with E-state index in [4.69, 9.17) is 9.47 Å². The van der Waals surface area contributed by atoms with E-state index >= 15 is 0 Å². The van der Waals surface area contributed by atoms with Crippen molar-refractivity contribution in [1.29, 1.82) is 0 Å². The molecule has 1 N–H and O–H groups in total. The van der Waals surface area contributed by atoms with E-state index in [1.165, 1.54) is 12.1 Å². The highest BCUT2D eigenvalue weighted by Crippen LogP contribution is 2.26. The van der Waals surface area contributed by atoms with Crippen LogP contribution in [0.3, 0.4) is 0 Å². The van der Waals surface area contributed by atoms with Crippen molar-refractivity contribution in [2.24, 2.45) is 0 Å². The number of benzene rings is 3. The fourth-order valence-electron chi connectivity index (χ4n) is 2.76. The van der Waals surface area contributed by atoms with Crippen molar-refractivity contribution in [3.05, 3.63) is 72.5 Å². The first-order valence-corrected chi connectivity index (χ1v) is 8.98. The monoisotopic (exact) mass is 367 g/mol. The molecule has 0 bridgehead atoms. The van der Waals surface area contributed by atoms with Gasteiger partial charge in [0, 0.05) is 5.39 Å². The van der Waals surface area contributed by atoms with E-state index in [0.717, 1.165) is 10.8 Å². The number of nitrogens with one attached hydrogen (secondary N) is 1. The van der Waals surface area contributed by atoms with Gasteiger partial charge in [0.1, 0.15) is 23.9 Å². The topological polar surface area (TPSA) is 47.6 Å². The van der Waals surface area contributed by atoms with E-state index in [9.17, 15) is 9.18 Å². The average Bonchev–Trinajstić information content (AvgIpc) is 2.70. The first kappa shape index (κ1) is 18.7. The zero-order chi connectivity index (χ0) is 19.1. The molecule has 27 heavy (non-hydrogen) atoms. The number of hydrogen-bond donors (Lipinski definition) is 1.